The molecule has 1 aliphatic heterocycles. The van der Waals surface area contributed by atoms with Crippen molar-refractivity contribution in [3.63, 3.8) is 0 Å². The zero-order valence-corrected chi connectivity index (χ0v) is 14.3. The maximum Gasteiger partial charge on any atom is 0.226 e. The lowest BCUT2D eigenvalue weighted by Crippen LogP contribution is -2.44. The number of hydrogen-bond acceptors (Lipinski definition) is 3. The SMILES string of the molecule is O=C(C1CCCCC1)N(Cc1ccccc1)C1CCS(=O)(=O)C1. The monoisotopic (exact) mass is 335 g/mol. The molecule has 0 N–H and O–H groups in total. The molecule has 1 atom stereocenters. The molecule has 1 amide bonds. The highest BCUT2D eigenvalue weighted by Gasteiger charge is 2.37. The fraction of sp³-hybridized carbons (Fsp3) is 0.611. The molecule has 0 aromatic heterocycles. The molecule has 4 nitrogen and oxygen atoms in total. The molecule has 3 rings (SSSR count). The molecule has 1 saturated carbocycles. The van der Waals surface area contributed by atoms with Gasteiger partial charge < -0.3 is 4.90 Å². The van der Waals surface area contributed by atoms with Crippen molar-refractivity contribution in [3.05, 3.63) is 35.9 Å². The van der Waals surface area contributed by atoms with Crippen LogP contribution in [-0.4, -0.2) is 36.8 Å². The van der Waals surface area contributed by atoms with E-state index in [1.165, 1.54) is 6.42 Å². The van der Waals surface area contributed by atoms with Crippen LogP contribution in [0.25, 0.3) is 0 Å². The van der Waals surface area contributed by atoms with Crippen LogP contribution in [0.2, 0.25) is 0 Å². The van der Waals surface area contributed by atoms with Crippen LogP contribution >= 0.6 is 0 Å². The molecular formula is C18H25NO3S. The molecule has 1 heterocycles. The van der Waals surface area contributed by atoms with Gasteiger partial charge in [0.2, 0.25) is 5.91 Å². The van der Waals surface area contributed by atoms with Gasteiger partial charge in [0.1, 0.15) is 0 Å². The van der Waals surface area contributed by atoms with E-state index in [1.54, 1.807) is 0 Å². The number of rotatable bonds is 4. The van der Waals surface area contributed by atoms with E-state index < -0.39 is 9.84 Å². The van der Waals surface area contributed by atoms with Crippen molar-refractivity contribution in [2.75, 3.05) is 11.5 Å². The number of carbonyl (C=O) groups excluding carboxylic acids is 1. The fourth-order valence-corrected chi connectivity index (χ4v) is 5.50. The van der Waals surface area contributed by atoms with Crippen molar-refractivity contribution < 1.29 is 13.2 Å². The molecule has 0 bridgehead atoms. The van der Waals surface area contributed by atoms with Crippen LogP contribution in [0, 0.1) is 5.92 Å². The zero-order chi connectivity index (χ0) is 16.3. The second-order valence-electron chi connectivity index (χ2n) is 6.84. The van der Waals surface area contributed by atoms with Crippen molar-refractivity contribution >= 4 is 15.7 Å². The molecule has 23 heavy (non-hydrogen) atoms. The van der Waals surface area contributed by atoms with Gasteiger partial charge in [-0.25, -0.2) is 8.42 Å². The lowest BCUT2D eigenvalue weighted by Gasteiger charge is -2.33. The Kier molecular flexibility index (Phi) is 5.05. The van der Waals surface area contributed by atoms with Crippen molar-refractivity contribution in [1.29, 1.82) is 0 Å². The van der Waals surface area contributed by atoms with Gasteiger partial charge in [-0.05, 0) is 24.8 Å². The third-order valence-corrected chi connectivity index (χ3v) is 6.83. The molecule has 1 saturated heterocycles. The van der Waals surface area contributed by atoms with Gasteiger partial charge in [0, 0.05) is 18.5 Å². The molecule has 1 aliphatic carbocycles. The first-order valence-corrected chi connectivity index (χ1v) is 10.4. The van der Waals surface area contributed by atoms with Gasteiger partial charge in [0.15, 0.2) is 9.84 Å². The largest absolute Gasteiger partial charge is 0.334 e. The summed E-state index contributed by atoms with van der Waals surface area (Å²) in [5.74, 6) is 0.575. The minimum absolute atomic E-state index is 0.0794. The highest BCUT2D eigenvalue weighted by Crippen LogP contribution is 2.29. The number of amides is 1. The average Bonchev–Trinajstić information content (AvgIpc) is 2.93. The van der Waals surface area contributed by atoms with E-state index in [2.05, 4.69) is 0 Å². The van der Waals surface area contributed by atoms with Crippen LogP contribution in [0.15, 0.2) is 30.3 Å². The summed E-state index contributed by atoms with van der Waals surface area (Å²) in [5.41, 5.74) is 1.07. The smallest absolute Gasteiger partial charge is 0.226 e. The Hall–Kier alpha value is -1.36. The normalized spacial score (nSPS) is 24.4. The molecule has 0 spiro atoms. The summed E-state index contributed by atoms with van der Waals surface area (Å²) in [6, 6.07) is 9.73. The summed E-state index contributed by atoms with van der Waals surface area (Å²) >= 11 is 0. The maximum atomic E-state index is 13.0. The molecule has 126 valence electrons. The van der Waals surface area contributed by atoms with E-state index in [-0.39, 0.29) is 29.4 Å². The summed E-state index contributed by atoms with van der Waals surface area (Å²) < 4.78 is 23.7. The molecule has 5 heteroatoms. The number of nitrogens with zero attached hydrogens (tertiary/aromatic N) is 1. The summed E-state index contributed by atoms with van der Waals surface area (Å²) in [6.07, 6.45) is 5.90. The van der Waals surface area contributed by atoms with Crippen molar-refractivity contribution in [1.82, 2.24) is 4.90 Å². The first-order valence-electron chi connectivity index (χ1n) is 8.60. The Balaban J connectivity index is 1.79. The predicted octanol–water partition coefficient (Wildman–Crippen LogP) is 2.78. The molecular weight excluding hydrogens is 310 g/mol. The van der Waals surface area contributed by atoms with E-state index in [1.807, 2.05) is 35.2 Å². The Labute approximate surface area is 138 Å². The molecule has 1 aromatic rings. The van der Waals surface area contributed by atoms with Gasteiger partial charge in [-0.15, -0.1) is 0 Å². The highest BCUT2D eigenvalue weighted by molar-refractivity contribution is 7.91. The molecule has 0 radical (unpaired) electrons. The van der Waals surface area contributed by atoms with Gasteiger partial charge in [-0.2, -0.15) is 0 Å². The van der Waals surface area contributed by atoms with Gasteiger partial charge in [-0.1, -0.05) is 49.6 Å². The van der Waals surface area contributed by atoms with Gasteiger partial charge in [-0.3, -0.25) is 4.79 Å². The van der Waals surface area contributed by atoms with Gasteiger partial charge in [0.25, 0.3) is 0 Å². The third kappa shape index (κ3) is 4.14. The standard InChI is InChI=1S/C18H25NO3S/c20-18(16-9-5-2-6-10-16)19(13-15-7-3-1-4-8-15)17-11-12-23(21,22)14-17/h1,3-4,7-8,16-17H,2,5-6,9-14H2. The minimum atomic E-state index is -2.99. The molecule has 1 aromatic carbocycles. The van der Waals surface area contributed by atoms with Gasteiger partial charge in [0.05, 0.1) is 11.5 Å². The zero-order valence-electron chi connectivity index (χ0n) is 13.5. The topological polar surface area (TPSA) is 54.5 Å². The lowest BCUT2D eigenvalue weighted by atomic mass is 9.87. The number of hydrogen-bond donors (Lipinski definition) is 0. The minimum Gasteiger partial charge on any atom is -0.334 e. The number of carbonyl (C=O) groups is 1. The maximum absolute atomic E-state index is 13.0. The fourth-order valence-electron chi connectivity index (χ4n) is 3.77. The summed E-state index contributed by atoms with van der Waals surface area (Å²) in [6.45, 7) is 0.524. The van der Waals surface area contributed by atoms with Crippen LogP contribution in [0.5, 0.6) is 0 Å². The summed E-state index contributed by atoms with van der Waals surface area (Å²) in [7, 11) is -2.99. The number of benzene rings is 1. The van der Waals surface area contributed by atoms with E-state index >= 15 is 0 Å². The average molecular weight is 335 g/mol. The van der Waals surface area contributed by atoms with Crippen molar-refractivity contribution in [2.45, 2.75) is 51.1 Å². The second kappa shape index (κ2) is 7.04. The van der Waals surface area contributed by atoms with Crippen LogP contribution in [0.4, 0.5) is 0 Å². The first-order chi connectivity index (χ1) is 11.1. The summed E-state index contributed by atoms with van der Waals surface area (Å²) in [5, 5.41) is 0. The third-order valence-electron chi connectivity index (χ3n) is 5.08. The highest BCUT2D eigenvalue weighted by atomic mass is 32.2. The van der Waals surface area contributed by atoms with E-state index in [4.69, 9.17) is 0 Å². The molecule has 2 fully saturated rings. The van der Waals surface area contributed by atoms with Crippen molar-refractivity contribution in [3.8, 4) is 0 Å². The van der Waals surface area contributed by atoms with Crippen LogP contribution in [-0.2, 0) is 21.2 Å². The second-order valence-corrected chi connectivity index (χ2v) is 9.07. The summed E-state index contributed by atoms with van der Waals surface area (Å²) in [4.78, 5) is 14.9. The Morgan fingerprint density at radius 1 is 1.04 bits per heavy atom. The first kappa shape index (κ1) is 16.5. The van der Waals surface area contributed by atoms with E-state index in [0.717, 1.165) is 31.2 Å². The molecule has 2 aliphatic rings. The van der Waals surface area contributed by atoms with Crippen LogP contribution in [0.1, 0.15) is 44.1 Å². The Morgan fingerprint density at radius 2 is 1.74 bits per heavy atom. The molecule has 1 unspecified atom stereocenters. The van der Waals surface area contributed by atoms with Crippen molar-refractivity contribution in [2.24, 2.45) is 5.92 Å². The van der Waals surface area contributed by atoms with E-state index in [0.29, 0.717) is 13.0 Å². The van der Waals surface area contributed by atoms with Gasteiger partial charge >= 0.3 is 0 Å². The predicted molar refractivity (Wildman–Crippen MR) is 90.6 cm³/mol. The Bertz CT molecular complexity index is 635. The number of sulfone groups is 1. The lowest BCUT2D eigenvalue weighted by molar-refractivity contribution is -0.139. The van der Waals surface area contributed by atoms with Crippen LogP contribution < -0.4 is 0 Å². The quantitative estimate of drug-likeness (QED) is 0.850. The Morgan fingerprint density at radius 3 is 2.35 bits per heavy atom. The van der Waals surface area contributed by atoms with E-state index in [9.17, 15) is 13.2 Å². The van der Waals surface area contributed by atoms with Crippen LogP contribution in [0.3, 0.4) is 0 Å².